The van der Waals surface area contributed by atoms with Crippen LogP contribution in [0.2, 0.25) is 0 Å². The molecule has 0 saturated heterocycles. The summed E-state index contributed by atoms with van der Waals surface area (Å²) in [5, 5.41) is 11.7. The summed E-state index contributed by atoms with van der Waals surface area (Å²) in [6.07, 6.45) is -0.396. The molecule has 31 heavy (non-hydrogen) atoms. The van der Waals surface area contributed by atoms with Gasteiger partial charge in [-0.3, -0.25) is 10.2 Å². The topological polar surface area (TPSA) is 110 Å². The first kappa shape index (κ1) is 21.8. The third kappa shape index (κ3) is 4.98. The molecule has 162 valence electrons. The normalized spacial score (nSPS) is 13.0. The van der Waals surface area contributed by atoms with Crippen LogP contribution >= 0.6 is 0 Å². The Hall–Kier alpha value is -3.94. The number of nitriles is 1. The molecule has 3 rings (SSSR count). The maximum Gasteiger partial charge on any atom is 0.328 e. The van der Waals surface area contributed by atoms with Crippen molar-refractivity contribution in [3.05, 3.63) is 53.7 Å². The molecule has 2 aromatic rings. The van der Waals surface area contributed by atoms with Gasteiger partial charge in [-0.05, 0) is 26.0 Å². The average molecular weight is 431 g/mol. The first-order chi connectivity index (χ1) is 14.8. The van der Waals surface area contributed by atoms with E-state index in [1.165, 1.54) is 37.9 Å². The van der Waals surface area contributed by atoms with Crippen LogP contribution in [-0.2, 0) is 9.47 Å². The van der Waals surface area contributed by atoms with Crippen LogP contribution in [0.5, 0.6) is 5.75 Å². The van der Waals surface area contributed by atoms with Gasteiger partial charge in [0, 0.05) is 18.7 Å². The fourth-order valence-corrected chi connectivity index (χ4v) is 2.64. The molecule has 1 aliphatic rings. The number of anilines is 2. The van der Waals surface area contributed by atoms with Crippen molar-refractivity contribution in [2.45, 2.75) is 32.7 Å². The molecule has 0 atom stereocenters. The maximum absolute atomic E-state index is 13.3. The number of alkyl halides is 2. The van der Waals surface area contributed by atoms with Crippen LogP contribution in [0, 0.1) is 11.3 Å². The molecule has 11 heteroatoms. The summed E-state index contributed by atoms with van der Waals surface area (Å²) in [6, 6.07) is 5.20. The second-order valence-corrected chi connectivity index (χ2v) is 6.65. The van der Waals surface area contributed by atoms with Crippen molar-refractivity contribution in [2.75, 3.05) is 17.3 Å². The lowest BCUT2D eigenvalue weighted by molar-refractivity contribution is -0.0308. The highest BCUT2D eigenvalue weighted by Crippen LogP contribution is 2.32. The van der Waals surface area contributed by atoms with E-state index in [1.54, 1.807) is 13.8 Å². The smallest absolute Gasteiger partial charge is 0.328 e. The summed E-state index contributed by atoms with van der Waals surface area (Å²) >= 11 is 0. The van der Waals surface area contributed by atoms with Crippen molar-refractivity contribution in [1.29, 1.82) is 5.26 Å². The number of pyridine rings is 2. The van der Waals surface area contributed by atoms with E-state index in [9.17, 15) is 13.6 Å². The predicted molar refractivity (Wildman–Crippen MR) is 105 cm³/mol. The van der Waals surface area contributed by atoms with Gasteiger partial charge in [-0.2, -0.15) is 5.26 Å². The van der Waals surface area contributed by atoms with E-state index in [4.69, 9.17) is 19.5 Å². The van der Waals surface area contributed by atoms with E-state index in [0.717, 1.165) is 11.0 Å². The SMILES string of the molecule is CC(C)Oc1cc(NC(=O)N(C)c2ccc(C(F)F)c(C3OC=CO3)n2)ncc1C#N. The van der Waals surface area contributed by atoms with Gasteiger partial charge in [0.15, 0.2) is 0 Å². The van der Waals surface area contributed by atoms with Crippen LogP contribution in [0.15, 0.2) is 36.9 Å². The van der Waals surface area contributed by atoms with Gasteiger partial charge >= 0.3 is 6.03 Å². The van der Waals surface area contributed by atoms with Gasteiger partial charge in [0.25, 0.3) is 12.7 Å². The number of halogens is 2. The Kier molecular flexibility index (Phi) is 6.49. The molecule has 2 aromatic heterocycles. The Morgan fingerprint density at radius 1 is 1.32 bits per heavy atom. The highest BCUT2D eigenvalue weighted by atomic mass is 19.3. The molecule has 0 saturated carbocycles. The first-order valence-corrected chi connectivity index (χ1v) is 9.16. The number of nitrogens with one attached hydrogen (secondary N) is 1. The van der Waals surface area contributed by atoms with Gasteiger partial charge in [0.05, 0.1) is 12.3 Å². The molecule has 2 amide bonds. The number of aromatic nitrogens is 2. The van der Waals surface area contributed by atoms with Gasteiger partial charge in [-0.1, -0.05) is 0 Å². The third-order valence-electron chi connectivity index (χ3n) is 4.09. The number of rotatable bonds is 6. The number of urea groups is 1. The Morgan fingerprint density at radius 3 is 2.65 bits per heavy atom. The van der Waals surface area contributed by atoms with Crippen LogP contribution in [-0.4, -0.2) is 29.2 Å². The molecule has 0 spiro atoms. The fourth-order valence-electron chi connectivity index (χ4n) is 2.64. The number of ether oxygens (including phenoxy) is 3. The van der Waals surface area contributed by atoms with Gasteiger partial charge in [0.2, 0.25) is 0 Å². The van der Waals surface area contributed by atoms with Crippen molar-refractivity contribution >= 4 is 17.7 Å². The Balaban J connectivity index is 1.81. The van der Waals surface area contributed by atoms with Crippen LogP contribution in [0.3, 0.4) is 0 Å². The molecule has 9 nitrogen and oxygen atoms in total. The van der Waals surface area contributed by atoms with E-state index < -0.39 is 18.7 Å². The number of hydrogen-bond acceptors (Lipinski definition) is 7. The zero-order chi connectivity index (χ0) is 22.5. The first-order valence-electron chi connectivity index (χ1n) is 9.16. The summed E-state index contributed by atoms with van der Waals surface area (Å²) < 4.78 is 42.5. The quantitative estimate of drug-likeness (QED) is 0.728. The van der Waals surface area contributed by atoms with E-state index in [0.29, 0.717) is 0 Å². The Bertz CT molecular complexity index is 1030. The minimum atomic E-state index is -2.80. The summed E-state index contributed by atoms with van der Waals surface area (Å²) in [5.41, 5.74) is -0.282. The highest BCUT2D eigenvalue weighted by molar-refractivity contribution is 6.00. The van der Waals surface area contributed by atoms with Crippen LogP contribution in [0.1, 0.15) is 43.4 Å². The minimum absolute atomic E-state index is 0.0864. The van der Waals surface area contributed by atoms with E-state index in [2.05, 4.69) is 15.3 Å². The molecule has 1 N–H and O–H groups in total. The van der Waals surface area contributed by atoms with Crippen molar-refractivity contribution in [3.63, 3.8) is 0 Å². The lowest BCUT2D eigenvalue weighted by Gasteiger charge is -2.20. The lowest BCUT2D eigenvalue weighted by Crippen LogP contribution is -2.32. The van der Waals surface area contributed by atoms with Gasteiger partial charge in [0.1, 0.15) is 47.2 Å². The summed E-state index contributed by atoms with van der Waals surface area (Å²) in [4.78, 5) is 21.9. The third-order valence-corrected chi connectivity index (χ3v) is 4.09. The molecule has 0 bridgehead atoms. The summed E-state index contributed by atoms with van der Waals surface area (Å²) in [6.45, 7) is 3.60. The summed E-state index contributed by atoms with van der Waals surface area (Å²) in [5.74, 6) is 0.501. The molecule has 3 heterocycles. The molecule has 0 aromatic carbocycles. The lowest BCUT2D eigenvalue weighted by atomic mass is 10.2. The maximum atomic E-state index is 13.3. The number of carbonyl (C=O) groups is 1. The van der Waals surface area contributed by atoms with Crippen molar-refractivity contribution in [1.82, 2.24) is 9.97 Å². The largest absolute Gasteiger partial charge is 0.489 e. The molecule has 0 fully saturated rings. The van der Waals surface area contributed by atoms with Gasteiger partial charge in [-0.15, -0.1) is 0 Å². The predicted octanol–water partition coefficient (Wildman–Crippen LogP) is 4.26. The fraction of sp³-hybridized carbons (Fsp3) is 0.300. The molecule has 1 aliphatic heterocycles. The second kappa shape index (κ2) is 9.25. The monoisotopic (exact) mass is 431 g/mol. The van der Waals surface area contributed by atoms with Crippen LogP contribution in [0.4, 0.5) is 25.2 Å². The van der Waals surface area contributed by atoms with E-state index in [-0.39, 0.29) is 40.3 Å². The second-order valence-electron chi connectivity index (χ2n) is 6.65. The molecular weight excluding hydrogens is 412 g/mol. The summed E-state index contributed by atoms with van der Waals surface area (Å²) in [7, 11) is 1.41. The number of amides is 2. The Labute approximate surface area is 176 Å². The highest BCUT2D eigenvalue weighted by Gasteiger charge is 2.27. The number of carbonyl (C=O) groups excluding carboxylic acids is 1. The van der Waals surface area contributed by atoms with Crippen molar-refractivity contribution in [2.24, 2.45) is 0 Å². The van der Waals surface area contributed by atoms with E-state index >= 15 is 0 Å². The standard InChI is InChI=1S/C20H19F2N5O4/c1-11(2)31-14-8-15(24-10-12(14)9-23)25-20(28)27(3)16-5-4-13(18(21)22)17(26-16)19-29-6-7-30-19/h4-8,10-11,18-19H,1-3H3,(H,24,25,28). The van der Waals surface area contributed by atoms with Gasteiger partial charge in [-0.25, -0.2) is 23.5 Å². The van der Waals surface area contributed by atoms with Crippen molar-refractivity contribution in [3.8, 4) is 11.8 Å². The molecule has 0 unspecified atom stereocenters. The molecule has 0 aliphatic carbocycles. The zero-order valence-electron chi connectivity index (χ0n) is 16.9. The number of nitrogens with zero attached hydrogens (tertiary/aromatic N) is 4. The number of hydrogen-bond donors (Lipinski definition) is 1. The van der Waals surface area contributed by atoms with Crippen LogP contribution < -0.4 is 15.0 Å². The average Bonchev–Trinajstić information content (AvgIpc) is 3.27. The van der Waals surface area contributed by atoms with Gasteiger partial charge < -0.3 is 14.2 Å². The minimum Gasteiger partial charge on any atom is -0.489 e. The van der Waals surface area contributed by atoms with Crippen LogP contribution in [0.25, 0.3) is 0 Å². The van der Waals surface area contributed by atoms with Crippen molar-refractivity contribution < 1.29 is 27.8 Å². The molecule has 0 radical (unpaired) electrons. The van der Waals surface area contributed by atoms with E-state index in [1.807, 2.05) is 6.07 Å². The Morgan fingerprint density at radius 2 is 2.03 bits per heavy atom. The molecular formula is C20H19F2N5O4. The zero-order valence-corrected chi connectivity index (χ0v) is 16.9.